The molecule has 2 aromatic heterocycles. The highest BCUT2D eigenvalue weighted by Gasteiger charge is 2.24. The van der Waals surface area contributed by atoms with Crippen molar-refractivity contribution in [2.75, 3.05) is 19.6 Å². The van der Waals surface area contributed by atoms with Crippen LogP contribution in [-0.2, 0) is 13.0 Å². The number of likely N-dealkylation sites (tertiary alicyclic amines) is 1. The molecule has 138 valence electrons. The van der Waals surface area contributed by atoms with E-state index in [0.717, 1.165) is 55.7 Å². The van der Waals surface area contributed by atoms with Crippen molar-refractivity contribution in [2.45, 2.75) is 45.6 Å². The quantitative estimate of drug-likeness (QED) is 0.395. The van der Waals surface area contributed by atoms with Crippen LogP contribution in [0.3, 0.4) is 0 Å². The van der Waals surface area contributed by atoms with Gasteiger partial charge in [-0.2, -0.15) is 5.10 Å². The number of thiazole rings is 1. The number of rotatable bonds is 5. The molecule has 0 saturated carbocycles. The molecule has 0 amide bonds. The van der Waals surface area contributed by atoms with Gasteiger partial charge in [0.2, 0.25) is 0 Å². The van der Waals surface area contributed by atoms with Gasteiger partial charge in [-0.25, -0.2) is 15.0 Å². The van der Waals surface area contributed by atoms with Crippen molar-refractivity contribution < 1.29 is 0 Å². The summed E-state index contributed by atoms with van der Waals surface area (Å²) in [6.45, 7) is 7.75. The lowest BCUT2D eigenvalue weighted by atomic mass is 9.96. The summed E-state index contributed by atoms with van der Waals surface area (Å²) in [6.07, 6.45) is 6.72. The summed E-state index contributed by atoms with van der Waals surface area (Å²) in [5.74, 6) is 2.46. The van der Waals surface area contributed by atoms with Gasteiger partial charge >= 0.3 is 0 Å². The fourth-order valence-electron chi connectivity index (χ4n) is 2.93. The van der Waals surface area contributed by atoms with E-state index in [1.807, 2.05) is 6.20 Å². The lowest BCUT2D eigenvalue weighted by Gasteiger charge is -2.33. The van der Waals surface area contributed by atoms with Gasteiger partial charge in [0.15, 0.2) is 5.96 Å². The number of nitrogens with zero attached hydrogens (tertiary/aromatic N) is 5. The lowest BCUT2D eigenvalue weighted by Crippen LogP contribution is -2.45. The van der Waals surface area contributed by atoms with E-state index in [-0.39, 0.29) is 24.0 Å². The maximum absolute atomic E-state index is 4.79. The van der Waals surface area contributed by atoms with Gasteiger partial charge in [-0.1, -0.05) is 6.92 Å². The van der Waals surface area contributed by atoms with E-state index in [2.05, 4.69) is 44.2 Å². The number of aromatic amines is 1. The van der Waals surface area contributed by atoms with Gasteiger partial charge in [-0.15, -0.1) is 35.3 Å². The molecule has 2 aromatic rings. The number of nitrogens with one attached hydrogen (secondary N) is 2. The monoisotopic (exact) mass is 475 g/mol. The summed E-state index contributed by atoms with van der Waals surface area (Å²) in [7, 11) is 0. The number of aliphatic imine (C=N–C) groups is 1. The van der Waals surface area contributed by atoms with Crippen LogP contribution in [-0.4, -0.2) is 50.7 Å². The van der Waals surface area contributed by atoms with Crippen LogP contribution in [0, 0.1) is 0 Å². The molecular formula is C16H26IN7S. The van der Waals surface area contributed by atoms with Crippen molar-refractivity contribution in [3.05, 3.63) is 28.2 Å². The topological polar surface area (TPSA) is 82.1 Å². The normalized spacial score (nSPS) is 15.9. The number of hydrogen-bond donors (Lipinski definition) is 2. The second-order valence-corrected chi connectivity index (χ2v) is 7.08. The number of hydrogen-bond acceptors (Lipinski definition) is 5. The van der Waals surface area contributed by atoms with Gasteiger partial charge in [0.05, 0.1) is 6.54 Å². The SMILES string of the molecule is CCNC(=NCc1ncc(CC)s1)N1CCC(c2ncn[nH]2)CC1.I. The first-order valence-corrected chi connectivity index (χ1v) is 9.43. The smallest absolute Gasteiger partial charge is 0.194 e. The molecule has 1 aliphatic rings. The molecule has 0 aliphatic carbocycles. The number of halogens is 1. The Hall–Kier alpha value is -1.23. The summed E-state index contributed by atoms with van der Waals surface area (Å²) in [5, 5.41) is 11.5. The van der Waals surface area contributed by atoms with E-state index in [1.54, 1.807) is 17.7 Å². The molecule has 1 saturated heterocycles. The second kappa shape index (κ2) is 10.0. The predicted octanol–water partition coefficient (Wildman–Crippen LogP) is 2.79. The van der Waals surface area contributed by atoms with Crippen LogP contribution in [0.25, 0.3) is 0 Å². The molecule has 7 nitrogen and oxygen atoms in total. The molecule has 0 atom stereocenters. The van der Waals surface area contributed by atoms with Gasteiger partial charge in [-0.05, 0) is 26.2 Å². The predicted molar refractivity (Wildman–Crippen MR) is 112 cm³/mol. The summed E-state index contributed by atoms with van der Waals surface area (Å²) in [5.41, 5.74) is 0. The maximum atomic E-state index is 4.79. The molecule has 3 heterocycles. The van der Waals surface area contributed by atoms with Crippen LogP contribution in [0.5, 0.6) is 0 Å². The molecule has 0 bridgehead atoms. The molecule has 1 fully saturated rings. The third-order valence-corrected chi connectivity index (χ3v) is 5.39. The fraction of sp³-hybridized carbons (Fsp3) is 0.625. The van der Waals surface area contributed by atoms with Gasteiger partial charge in [0.25, 0.3) is 0 Å². The van der Waals surface area contributed by atoms with E-state index in [9.17, 15) is 0 Å². The number of aromatic nitrogens is 4. The average Bonchev–Trinajstić information content (AvgIpc) is 3.30. The van der Waals surface area contributed by atoms with Crippen LogP contribution in [0.15, 0.2) is 17.5 Å². The molecule has 0 aromatic carbocycles. The number of piperidine rings is 1. The Bertz CT molecular complexity index is 647. The first kappa shape index (κ1) is 20.1. The molecule has 25 heavy (non-hydrogen) atoms. The Morgan fingerprint density at radius 1 is 1.36 bits per heavy atom. The Labute approximate surface area is 169 Å². The second-order valence-electron chi connectivity index (χ2n) is 5.88. The first-order valence-electron chi connectivity index (χ1n) is 8.62. The Balaban J connectivity index is 0.00000225. The zero-order chi connectivity index (χ0) is 16.8. The molecular weight excluding hydrogens is 449 g/mol. The minimum absolute atomic E-state index is 0. The van der Waals surface area contributed by atoms with Crippen LogP contribution < -0.4 is 5.32 Å². The lowest BCUT2D eigenvalue weighted by molar-refractivity contribution is 0.299. The number of aryl methyl sites for hydroxylation is 1. The summed E-state index contributed by atoms with van der Waals surface area (Å²) < 4.78 is 0. The first-order chi connectivity index (χ1) is 11.8. The van der Waals surface area contributed by atoms with Gasteiger partial charge in [-0.3, -0.25) is 5.10 Å². The minimum atomic E-state index is 0. The third-order valence-electron chi connectivity index (χ3n) is 4.26. The van der Waals surface area contributed by atoms with Gasteiger partial charge in [0.1, 0.15) is 17.2 Å². The highest BCUT2D eigenvalue weighted by molar-refractivity contribution is 14.0. The highest BCUT2D eigenvalue weighted by atomic mass is 127. The molecule has 3 rings (SSSR count). The number of guanidine groups is 1. The van der Waals surface area contributed by atoms with E-state index in [4.69, 9.17) is 4.99 Å². The van der Waals surface area contributed by atoms with E-state index in [1.165, 1.54) is 4.88 Å². The van der Waals surface area contributed by atoms with Crippen molar-refractivity contribution in [1.82, 2.24) is 30.4 Å². The van der Waals surface area contributed by atoms with Crippen molar-refractivity contribution in [3.8, 4) is 0 Å². The Morgan fingerprint density at radius 2 is 2.16 bits per heavy atom. The zero-order valence-corrected chi connectivity index (χ0v) is 17.9. The summed E-state index contributed by atoms with van der Waals surface area (Å²) >= 11 is 1.75. The van der Waals surface area contributed by atoms with Gasteiger partial charge < -0.3 is 10.2 Å². The highest BCUT2D eigenvalue weighted by Crippen LogP contribution is 2.25. The van der Waals surface area contributed by atoms with Crippen molar-refractivity contribution >= 4 is 41.3 Å². The average molecular weight is 475 g/mol. The Morgan fingerprint density at radius 3 is 2.76 bits per heavy atom. The maximum Gasteiger partial charge on any atom is 0.194 e. The molecule has 1 aliphatic heterocycles. The Kier molecular flexibility index (Phi) is 8.07. The van der Waals surface area contributed by atoms with Crippen LogP contribution >= 0.6 is 35.3 Å². The van der Waals surface area contributed by atoms with Crippen molar-refractivity contribution in [2.24, 2.45) is 4.99 Å². The molecule has 9 heteroatoms. The van der Waals surface area contributed by atoms with Gasteiger partial charge in [0, 0.05) is 36.6 Å². The molecule has 0 radical (unpaired) electrons. The van der Waals surface area contributed by atoms with Crippen molar-refractivity contribution in [3.63, 3.8) is 0 Å². The summed E-state index contributed by atoms with van der Waals surface area (Å²) in [6, 6.07) is 0. The van der Waals surface area contributed by atoms with Crippen LogP contribution in [0.2, 0.25) is 0 Å². The van der Waals surface area contributed by atoms with E-state index >= 15 is 0 Å². The molecule has 0 unspecified atom stereocenters. The largest absolute Gasteiger partial charge is 0.357 e. The number of H-pyrrole nitrogens is 1. The molecule has 2 N–H and O–H groups in total. The standard InChI is InChI=1S/C16H25N7S.HI/c1-3-13-9-18-14(24-13)10-19-16(17-4-2)23-7-5-12(6-8-23)15-20-11-21-22-15;/h9,11-12H,3-8,10H2,1-2H3,(H,17,19)(H,20,21,22);1H. The van der Waals surface area contributed by atoms with Crippen LogP contribution in [0.1, 0.15) is 48.3 Å². The van der Waals surface area contributed by atoms with E-state index in [0.29, 0.717) is 12.5 Å². The van der Waals surface area contributed by atoms with E-state index < -0.39 is 0 Å². The summed E-state index contributed by atoms with van der Waals surface area (Å²) in [4.78, 5) is 17.2. The minimum Gasteiger partial charge on any atom is -0.357 e. The fourth-order valence-corrected chi connectivity index (χ4v) is 3.72. The third kappa shape index (κ3) is 5.37. The molecule has 0 spiro atoms. The van der Waals surface area contributed by atoms with Crippen molar-refractivity contribution in [1.29, 1.82) is 0 Å². The zero-order valence-electron chi connectivity index (χ0n) is 14.7. The van der Waals surface area contributed by atoms with Crippen LogP contribution in [0.4, 0.5) is 0 Å².